The number of nitrogens with zero attached hydrogens (tertiary/aromatic N) is 2. The number of rotatable bonds is 7. The van der Waals surface area contributed by atoms with Crippen LogP contribution in [0, 0.1) is 5.92 Å². The molecule has 1 aromatic rings. The van der Waals surface area contributed by atoms with Crippen LogP contribution < -0.4 is 10.6 Å². The van der Waals surface area contributed by atoms with Gasteiger partial charge < -0.3 is 15.2 Å². The van der Waals surface area contributed by atoms with E-state index in [2.05, 4.69) is 35.5 Å². The van der Waals surface area contributed by atoms with E-state index in [1.54, 1.807) is 0 Å². The number of fused-ring (bicyclic) bond motifs is 1. The minimum absolute atomic E-state index is 0.166. The molecule has 1 aliphatic heterocycles. The summed E-state index contributed by atoms with van der Waals surface area (Å²) in [5, 5.41) is 5.94. The quantitative estimate of drug-likeness (QED) is 0.722. The zero-order valence-electron chi connectivity index (χ0n) is 16.6. The molecule has 0 saturated carbocycles. The highest BCUT2D eigenvalue weighted by molar-refractivity contribution is 5.97. The lowest BCUT2D eigenvalue weighted by atomic mass is 9.97. The van der Waals surface area contributed by atoms with Gasteiger partial charge in [0.25, 0.3) is 11.8 Å². The summed E-state index contributed by atoms with van der Waals surface area (Å²) in [6, 6.07) is 0. The summed E-state index contributed by atoms with van der Waals surface area (Å²) >= 11 is 0. The van der Waals surface area contributed by atoms with Crippen molar-refractivity contribution in [3.8, 4) is 0 Å². The molecule has 0 aromatic carbocycles. The summed E-state index contributed by atoms with van der Waals surface area (Å²) in [5.74, 6) is 0.430. The number of imidazole rings is 1. The first-order chi connectivity index (χ1) is 13.1. The van der Waals surface area contributed by atoms with Crippen LogP contribution >= 0.6 is 0 Å². The third-order valence-corrected chi connectivity index (χ3v) is 5.32. The number of hydrogen-bond acceptors (Lipinski definition) is 3. The van der Waals surface area contributed by atoms with Crippen molar-refractivity contribution < 1.29 is 9.59 Å². The fraction of sp³-hybridized carbons (Fsp3) is 0.667. The SMILES string of the molecule is CC(C)CNC(=O)c1nc(C(=O)NCCC2=CCCCC2)n2c1CCCC2. The summed E-state index contributed by atoms with van der Waals surface area (Å²) in [6.07, 6.45) is 10.9. The summed E-state index contributed by atoms with van der Waals surface area (Å²) in [4.78, 5) is 29.7. The van der Waals surface area contributed by atoms with E-state index in [0.717, 1.165) is 50.8 Å². The molecule has 0 radical (unpaired) electrons. The number of carbonyl (C=O) groups excluding carboxylic acids is 2. The number of aromatic nitrogens is 2. The van der Waals surface area contributed by atoms with Gasteiger partial charge in [-0.05, 0) is 57.3 Å². The maximum atomic E-state index is 12.7. The molecule has 2 amide bonds. The lowest BCUT2D eigenvalue weighted by Crippen LogP contribution is -2.29. The van der Waals surface area contributed by atoms with E-state index in [-0.39, 0.29) is 11.8 Å². The van der Waals surface area contributed by atoms with E-state index >= 15 is 0 Å². The second-order valence-electron chi connectivity index (χ2n) is 8.06. The monoisotopic (exact) mass is 372 g/mol. The summed E-state index contributed by atoms with van der Waals surface area (Å²) in [5.41, 5.74) is 2.78. The van der Waals surface area contributed by atoms with Gasteiger partial charge in [0, 0.05) is 19.6 Å². The molecule has 1 aromatic heterocycles. The van der Waals surface area contributed by atoms with E-state index in [1.807, 2.05) is 4.57 Å². The molecular weight excluding hydrogens is 340 g/mol. The van der Waals surface area contributed by atoms with Crippen molar-refractivity contribution in [3.05, 3.63) is 28.9 Å². The molecule has 6 nitrogen and oxygen atoms in total. The molecule has 27 heavy (non-hydrogen) atoms. The van der Waals surface area contributed by atoms with E-state index < -0.39 is 0 Å². The van der Waals surface area contributed by atoms with Crippen molar-refractivity contribution in [2.45, 2.75) is 71.8 Å². The van der Waals surface area contributed by atoms with Crippen molar-refractivity contribution in [1.82, 2.24) is 20.2 Å². The van der Waals surface area contributed by atoms with Gasteiger partial charge in [0.1, 0.15) is 5.69 Å². The first-order valence-electron chi connectivity index (χ1n) is 10.4. The van der Waals surface area contributed by atoms with Crippen molar-refractivity contribution in [2.75, 3.05) is 13.1 Å². The molecule has 2 N–H and O–H groups in total. The van der Waals surface area contributed by atoms with Crippen LogP contribution in [0.3, 0.4) is 0 Å². The van der Waals surface area contributed by atoms with E-state index in [0.29, 0.717) is 30.5 Å². The second-order valence-corrected chi connectivity index (χ2v) is 8.06. The number of carbonyl (C=O) groups is 2. The lowest BCUT2D eigenvalue weighted by Gasteiger charge is -2.17. The van der Waals surface area contributed by atoms with Crippen LogP contribution in [-0.2, 0) is 13.0 Å². The average Bonchev–Trinajstić information content (AvgIpc) is 3.07. The Labute approximate surface area is 161 Å². The van der Waals surface area contributed by atoms with Crippen LogP contribution in [0.5, 0.6) is 0 Å². The van der Waals surface area contributed by atoms with Gasteiger partial charge in [0.15, 0.2) is 5.82 Å². The van der Waals surface area contributed by atoms with Gasteiger partial charge >= 0.3 is 0 Å². The molecule has 2 heterocycles. The standard InChI is InChI=1S/C21H32N4O2/c1-15(2)14-23-20(26)18-17-10-6-7-13-25(17)19(24-18)21(27)22-12-11-16-8-4-3-5-9-16/h8,15H,3-7,9-14H2,1-2H3,(H,22,27)(H,23,26). The van der Waals surface area contributed by atoms with Crippen LogP contribution in [0.1, 0.15) is 85.6 Å². The fourth-order valence-corrected chi connectivity index (χ4v) is 3.83. The number of allylic oxidation sites excluding steroid dienone is 1. The zero-order valence-corrected chi connectivity index (χ0v) is 16.6. The predicted octanol–water partition coefficient (Wildman–Crippen LogP) is 3.23. The Hall–Kier alpha value is -2.11. The second kappa shape index (κ2) is 9.20. The lowest BCUT2D eigenvalue weighted by molar-refractivity contribution is 0.0938. The number of hydrogen-bond donors (Lipinski definition) is 2. The van der Waals surface area contributed by atoms with Crippen molar-refractivity contribution in [3.63, 3.8) is 0 Å². The Morgan fingerprint density at radius 3 is 2.67 bits per heavy atom. The third kappa shape index (κ3) is 4.99. The molecule has 0 fully saturated rings. The van der Waals surface area contributed by atoms with E-state index in [9.17, 15) is 9.59 Å². The van der Waals surface area contributed by atoms with Gasteiger partial charge in [-0.25, -0.2) is 4.98 Å². The Bertz CT molecular complexity index is 718. The normalized spacial score (nSPS) is 16.6. The first kappa shape index (κ1) is 19.6. The molecular formula is C21H32N4O2. The van der Waals surface area contributed by atoms with Gasteiger partial charge in [0.05, 0.1) is 5.69 Å². The molecule has 3 rings (SSSR count). The molecule has 6 heteroatoms. The van der Waals surface area contributed by atoms with Crippen molar-refractivity contribution in [2.24, 2.45) is 5.92 Å². The van der Waals surface area contributed by atoms with Gasteiger partial charge in [-0.3, -0.25) is 9.59 Å². The molecule has 148 valence electrons. The molecule has 1 aliphatic carbocycles. The molecule has 0 atom stereocenters. The van der Waals surface area contributed by atoms with Crippen LogP contribution in [0.4, 0.5) is 0 Å². The summed E-state index contributed by atoms with van der Waals surface area (Å²) < 4.78 is 1.95. The Morgan fingerprint density at radius 1 is 1.11 bits per heavy atom. The van der Waals surface area contributed by atoms with Crippen LogP contribution in [0.25, 0.3) is 0 Å². The van der Waals surface area contributed by atoms with E-state index in [4.69, 9.17) is 0 Å². The highest BCUT2D eigenvalue weighted by Gasteiger charge is 2.27. The Balaban J connectivity index is 1.67. The van der Waals surface area contributed by atoms with Crippen molar-refractivity contribution >= 4 is 11.8 Å². The minimum atomic E-state index is -0.169. The van der Waals surface area contributed by atoms with Crippen LogP contribution in [0.15, 0.2) is 11.6 Å². The van der Waals surface area contributed by atoms with Crippen LogP contribution in [-0.4, -0.2) is 34.5 Å². The predicted molar refractivity (Wildman–Crippen MR) is 106 cm³/mol. The van der Waals surface area contributed by atoms with Gasteiger partial charge in [-0.2, -0.15) is 0 Å². The van der Waals surface area contributed by atoms with Crippen LogP contribution in [0.2, 0.25) is 0 Å². The molecule has 0 bridgehead atoms. The Morgan fingerprint density at radius 2 is 1.93 bits per heavy atom. The summed E-state index contributed by atoms with van der Waals surface area (Å²) in [7, 11) is 0. The zero-order chi connectivity index (χ0) is 19.2. The van der Waals surface area contributed by atoms with Gasteiger partial charge in [-0.1, -0.05) is 25.5 Å². The fourth-order valence-electron chi connectivity index (χ4n) is 3.83. The highest BCUT2D eigenvalue weighted by atomic mass is 16.2. The smallest absolute Gasteiger partial charge is 0.287 e. The number of nitrogens with one attached hydrogen (secondary N) is 2. The maximum absolute atomic E-state index is 12.7. The molecule has 0 unspecified atom stereocenters. The molecule has 2 aliphatic rings. The number of amides is 2. The minimum Gasteiger partial charge on any atom is -0.350 e. The van der Waals surface area contributed by atoms with Crippen molar-refractivity contribution in [1.29, 1.82) is 0 Å². The van der Waals surface area contributed by atoms with E-state index in [1.165, 1.54) is 18.4 Å². The molecule has 0 spiro atoms. The first-order valence-corrected chi connectivity index (χ1v) is 10.4. The third-order valence-electron chi connectivity index (χ3n) is 5.32. The average molecular weight is 373 g/mol. The largest absolute Gasteiger partial charge is 0.350 e. The topological polar surface area (TPSA) is 76.0 Å². The van der Waals surface area contributed by atoms with Gasteiger partial charge in [0.2, 0.25) is 0 Å². The highest BCUT2D eigenvalue weighted by Crippen LogP contribution is 2.22. The maximum Gasteiger partial charge on any atom is 0.287 e. The molecule has 0 saturated heterocycles. The summed E-state index contributed by atoms with van der Waals surface area (Å²) in [6.45, 7) is 6.12. The Kier molecular flexibility index (Phi) is 6.69. The van der Waals surface area contributed by atoms with Gasteiger partial charge in [-0.15, -0.1) is 0 Å².